The normalized spacial score (nSPS) is 11.1. The molecular formula is C18H25N5OS. The second-order valence-corrected chi connectivity index (χ2v) is 6.34. The molecular weight excluding hydrogens is 334 g/mol. The molecule has 0 spiro atoms. The number of para-hydroxylation sites is 1. The number of rotatable bonds is 8. The molecule has 25 heavy (non-hydrogen) atoms. The minimum absolute atomic E-state index is 0.488. The van der Waals surface area contributed by atoms with Crippen LogP contribution in [0.15, 0.2) is 47.3 Å². The van der Waals surface area contributed by atoms with Gasteiger partial charge in [0, 0.05) is 38.6 Å². The monoisotopic (exact) mass is 359 g/mol. The maximum atomic E-state index is 5.68. The summed E-state index contributed by atoms with van der Waals surface area (Å²) in [6.07, 6.45) is 1.74. The Balaban J connectivity index is 1.89. The minimum atomic E-state index is 0.488. The van der Waals surface area contributed by atoms with Gasteiger partial charge in [-0.1, -0.05) is 30.9 Å². The van der Waals surface area contributed by atoms with Crippen LogP contribution in [-0.4, -0.2) is 38.7 Å². The quantitative estimate of drug-likeness (QED) is 0.431. The van der Waals surface area contributed by atoms with Crippen LogP contribution in [0.3, 0.4) is 0 Å². The van der Waals surface area contributed by atoms with E-state index in [1.165, 1.54) is 0 Å². The standard InChI is InChI=1S/C18H25N5OS/c1-5-10-24-16-9-7-6-8-14(16)11-20-17(19-2)21-12-15-13-25-18(22-15)23(3)4/h5-9,13H,1,10-12H2,2-4H3,(H2,19,20,21). The Morgan fingerprint density at radius 2 is 2.08 bits per heavy atom. The highest BCUT2D eigenvalue weighted by molar-refractivity contribution is 7.13. The van der Waals surface area contributed by atoms with E-state index in [4.69, 9.17) is 4.74 Å². The Bertz CT molecular complexity index is 711. The van der Waals surface area contributed by atoms with Crippen LogP contribution in [0.2, 0.25) is 0 Å². The SMILES string of the molecule is C=CCOc1ccccc1CNC(=NC)NCc1csc(N(C)C)n1. The number of anilines is 1. The van der Waals surface area contributed by atoms with Crippen LogP contribution in [-0.2, 0) is 13.1 Å². The van der Waals surface area contributed by atoms with Crippen LogP contribution in [0.1, 0.15) is 11.3 Å². The zero-order chi connectivity index (χ0) is 18.1. The summed E-state index contributed by atoms with van der Waals surface area (Å²) in [5, 5.41) is 9.62. The number of nitrogens with zero attached hydrogens (tertiary/aromatic N) is 3. The molecule has 0 saturated carbocycles. The fourth-order valence-electron chi connectivity index (χ4n) is 2.10. The van der Waals surface area contributed by atoms with Crippen molar-refractivity contribution in [2.24, 2.45) is 4.99 Å². The summed E-state index contributed by atoms with van der Waals surface area (Å²) in [6.45, 7) is 5.41. The first-order valence-corrected chi connectivity index (χ1v) is 8.90. The third kappa shape index (κ3) is 5.79. The molecule has 2 N–H and O–H groups in total. The van der Waals surface area contributed by atoms with Crippen LogP contribution in [0.25, 0.3) is 0 Å². The van der Waals surface area contributed by atoms with Crippen molar-refractivity contribution < 1.29 is 4.74 Å². The zero-order valence-corrected chi connectivity index (χ0v) is 15.8. The molecule has 0 fully saturated rings. The first-order chi connectivity index (χ1) is 12.1. The van der Waals surface area contributed by atoms with Crippen LogP contribution in [0, 0.1) is 0 Å². The molecule has 0 amide bonds. The van der Waals surface area contributed by atoms with Gasteiger partial charge >= 0.3 is 0 Å². The second kappa shape index (κ2) is 9.68. The Morgan fingerprint density at radius 1 is 1.32 bits per heavy atom. The van der Waals surface area contributed by atoms with E-state index in [0.717, 1.165) is 28.1 Å². The maximum Gasteiger partial charge on any atom is 0.191 e. The smallest absolute Gasteiger partial charge is 0.191 e. The summed E-state index contributed by atoms with van der Waals surface area (Å²) >= 11 is 1.63. The van der Waals surface area contributed by atoms with Gasteiger partial charge in [0.25, 0.3) is 0 Å². The molecule has 0 saturated heterocycles. The fraction of sp³-hybridized carbons (Fsp3) is 0.333. The van der Waals surface area contributed by atoms with Crippen LogP contribution < -0.4 is 20.3 Å². The molecule has 0 aliphatic carbocycles. The van der Waals surface area contributed by atoms with Gasteiger partial charge in [-0.2, -0.15) is 0 Å². The molecule has 0 unspecified atom stereocenters. The highest BCUT2D eigenvalue weighted by atomic mass is 32.1. The second-order valence-electron chi connectivity index (χ2n) is 5.50. The van der Waals surface area contributed by atoms with E-state index in [1.54, 1.807) is 24.5 Å². The van der Waals surface area contributed by atoms with Crippen molar-refractivity contribution in [2.45, 2.75) is 13.1 Å². The third-order valence-corrected chi connectivity index (χ3v) is 4.42. The third-order valence-electron chi connectivity index (χ3n) is 3.36. The van der Waals surface area contributed by atoms with E-state index < -0.39 is 0 Å². The van der Waals surface area contributed by atoms with Gasteiger partial charge in [0.15, 0.2) is 11.1 Å². The molecule has 1 aromatic heterocycles. The van der Waals surface area contributed by atoms with Gasteiger partial charge in [-0.05, 0) is 6.07 Å². The van der Waals surface area contributed by atoms with E-state index in [9.17, 15) is 0 Å². The maximum absolute atomic E-state index is 5.68. The molecule has 1 aromatic carbocycles. The van der Waals surface area contributed by atoms with E-state index >= 15 is 0 Å². The summed E-state index contributed by atoms with van der Waals surface area (Å²) in [4.78, 5) is 10.8. The molecule has 134 valence electrons. The van der Waals surface area contributed by atoms with E-state index in [-0.39, 0.29) is 0 Å². The molecule has 0 atom stereocenters. The summed E-state index contributed by atoms with van der Waals surface area (Å²) in [7, 11) is 5.73. The molecule has 0 aliphatic heterocycles. The number of thiazole rings is 1. The van der Waals surface area contributed by atoms with Crippen LogP contribution in [0.4, 0.5) is 5.13 Å². The number of aromatic nitrogens is 1. The van der Waals surface area contributed by atoms with Gasteiger partial charge in [0.05, 0.1) is 12.2 Å². The molecule has 7 heteroatoms. The van der Waals surface area contributed by atoms with E-state index in [2.05, 4.69) is 27.2 Å². The summed E-state index contributed by atoms with van der Waals surface area (Å²) in [5.74, 6) is 1.57. The number of hydrogen-bond acceptors (Lipinski definition) is 5. The average molecular weight is 359 g/mol. The van der Waals surface area contributed by atoms with E-state index in [0.29, 0.717) is 19.7 Å². The van der Waals surface area contributed by atoms with Crippen molar-refractivity contribution in [3.8, 4) is 5.75 Å². The minimum Gasteiger partial charge on any atom is -0.489 e. The van der Waals surface area contributed by atoms with Crippen molar-refractivity contribution in [3.63, 3.8) is 0 Å². The lowest BCUT2D eigenvalue weighted by Gasteiger charge is -2.14. The van der Waals surface area contributed by atoms with Crippen molar-refractivity contribution >= 4 is 22.4 Å². The predicted molar refractivity (Wildman–Crippen MR) is 106 cm³/mol. The molecule has 1 heterocycles. The number of benzene rings is 1. The number of guanidine groups is 1. The Labute approximate surface area is 153 Å². The van der Waals surface area contributed by atoms with Crippen molar-refractivity contribution in [2.75, 3.05) is 32.6 Å². The Kier molecular flexibility index (Phi) is 7.28. The first kappa shape index (κ1) is 18.8. The van der Waals surface area contributed by atoms with Gasteiger partial charge in [-0.15, -0.1) is 11.3 Å². The average Bonchev–Trinajstić information content (AvgIpc) is 3.10. The molecule has 2 rings (SSSR count). The Hall–Kier alpha value is -2.54. The largest absolute Gasteiger partial charge is 0.489 e. The molecule has 0 radical (unpaired) electrons. The molecule has 2 aromatic rings. The van der Waals surface area contributed by atoms with Crippen molar-refractivity contribution in [3.05, 3.63) is 53.6 Å². The molecule has 6 nitrogen and oxygen atoms in total. The van der Waals surface area contributed by atoms with E-state index in [1.807, 2.05) is 48.6 Å². The summed E-state index contributed by atoms with van der Waals surface area (Å²) < 4.78 is 5.68. The summed E-state index contributed by atoms with van der Waals surface area (Å²) in [6, 6.07) is 7.93. The molecule has 0 bridgehead atoms. The van der Waals surface area contributed by atoms with Gasteiger partial charge in [-0.3, -0.25) is 4.99 Å². The number of ether oxygens (including phenoxy) is 1. The van der Waals surface area contributed by atoms with Crippen LogP contribution >= 0.6 is 11.3 Å². The van der Waals surface area contributed by atoms with Crippen molar-refractivity contribution in [1.82, 2.24) is 15.6 Å². The predicted octanol–water partition coefficient (Wildman–Crippen LogP) is 2.64. The highest BCUT2D eigenvalue weighted by Crippen LogP contribution is 2.18. The van der Waals surface area contributed by atoms with Gasteiger partial charge in [-0.25, -0.2) is 4.98 Å². The number of aliphatic imine (C=N–C) groups is 1. The Morgan fingerprint density at radius 3 is 2.76 bits per heavy atom. The highest BCUT2D eigenvalue weighted by Gasteiger charge is 2.06. The van der Waals surface area contributed by atoms with Crippen LogP contribution in [0.5, 0.6) is 5.75 Å². The lowest BCUT2D eigenvalue weighted by molar-refractivity contribution is 0.358. The fourth-order valence-corrected chi connectivity index (χ4v) is 2.85. The van der Waals surface area contributed by atoms with Gasteiger partial charge in [0.2, 0.25) is 0 Å². The lowest BCUT2D eigenvalue weighted by atomic mass is 10.2. The number of nitrogens with one attached hydrogen (secondary N) is 2. The first-order valence-electron chi connectivity index (χ1n) is 8.02. The lowest BCUT2D eigenvalue weighted by Crippen LogP contribution is -2.36. The number of hydrogen-bond donors (Lipinski definition) is 2. The zero-order valence-electron chi connectivity index (χ0n) is 15.0. The summed E-state index contributed by atoms with van der Waals surface area (Å²) in [5.41, 5.74) is 2.06. The van der Waals surface area contributed by atoms with Crippen molar-refractivity contribution in [1.29, 1.82) is 0 Å². The van der Waals surface area contributed by atoms with Gasteiger partial charge < -0.3 is 20.3 Å². The molecule has 0 aliphatic rings. The van der Waals surface area contributed by atoms with Gasteiger partial charge in [0.1, 0.15) is 12.4 Å². The topological polar surface area (TPSA) is 61.8 Å².